The molecule has 1 aliphatic rings. The van der Waals surface area contributed by atoms with E-state index in [2.05, 4.69) is 4.98 Å². The molecule has 0 saturated carbocycles. The molecule has 5 nitrogen and oxygen atoms in total. The van der Waals surface area contributed by atoms with Crippen molar-refractivity contribution in [3.63, 3.8) is 0 Å². The molecule has 12 heteroatoms. The highest BCUT2D eigenvalue weighted by Gasteiger charge is 2.41. The number of amides is 1. The van der Waals surface area contributed by atoms with Gasteiger partial charge in [-0.1, -0.05) is 30.3 Å². The average molecular weight is 514 g/mol. The van der Waals surface area contributed by atoms with Crippen LogP contribution in [-0.4, -0.2) is 32.9 Å². The third-order valence-corrected chi connectivity index (χ3v) is 5.96. The number of carbonyl (C=O) groups excluding carboxylic acids is 1. The summed E-state index contributed by atoms with van der Waals surface area (Å²) in [6.07, 6.45) is -8.97. The number of halogens is 7. The van der Waals surface area contributed by atoms with E-state index in [0.29, 0.717) is 0 Å². The van der Waals surface area contributed by atoms with E-state index in [4.69, 9.17) is 5.73 Å². The number of carbonyl (C=O) groups is 1. The first-order valence-corrected chi connectivity index (χ1v) is 10.9. The van der Waals surface area contributed by atoms with E-state index in [-0.39, 0.29) is 42.9 Å². The van der Waals surface area contributed by atoms with Gasteiger partial charge in [-0.2, -0.15) is 26.3 Å². The Kier molecular flexibility index (Phi) is 6.82. The van der Waals surface area contributed by atoms with Gasteiger partial charge in [0.1, 0.15) is 17.7 Å². The minimum Gasteiger partial charge on any atom is -0.330 e. The number of benzene rings is 2. The van der Waals surface area contributed by atoms with Crippen molar-refractivity contribution >= 4 is 5.91 Å². The molecule has 3 aromatic rings. The zero-order chi connectivity index (χ0) is 26.3. The number of hydrogen-bond acceptors (Lipinski definition) is 3. The highest BCUT2D eigenvalue weighted by atomic mass is 19.4. The second-order valence-corrected chi connectivity index (χ2v) is 8.55. The SMILES string of the molecule is N[C@@H](CC(=O)N1CCn2cc(C(F)(F)F)nc2C1c1cccc(C(F)(F)F)c1)Cc1ccccc1F. The van der Waals surface area contributed by atoms with E-state index in [1.54, 1.807) is 6.07 Å². The lowest BCUT2D eigenvalue weighted by atomic mass is 9.98. The fourth-order valence-corrected chi connectivity index (χ4v) is 4.29. The number of fused-ring (bicyclic) bond motifs is 1. The van der Waals surface area contributed by atoms with Crippen LogP contribution in [0.1, 0.15) is 40.7 Å². The van der Waals surface area contributed by atoms with Crippen LogP contribution in [-0.2, 0) is 30.1 Å². The smallest absolute Gasteiger partial charge is 0.330 e. The molecule has 2 atom stereocenters. The van der Waals surface area contributed by atoms with Gasteiger partial charge in [0.05, 0.1) is 5.56 Å². The molecule has 2 aromatic carbocycles. The Balaban J connectivity index is 1.68. The molecule has 2 heterocycles. The van der Waals surface area contributed by atoms with Crippen molar-refractivity contribution in [1.82, 2.24) is 14.5 Å². The molecule has 0 saturated heterocycles. The molecule has 0 aliphatic carbocycles. The Hall–Kier alpha value is -3.41. The summed E-state index contributed by atoms with van der Waals surface area (Å²) in [5.74, 6) is -1.30. The number of hydrogen-bond donors (Lipinski definition) is 1. The van der Waals surface area contributed by atoms with Crippen molar-refractivity contribution in [2.45, 2.75) is 43.8 Å². The Morgan fingerprint density at radius 1 is 1.03 bits per heavy atom. The maximum absolute atomic E-state index is 14.0. The fraction of sp³-hybridized carbons (Fsp3) is 0.333. The number of alkyl halides is 6. The predicted molar refractivity (Wildman–Crippen MR) is 115 cm³/mol. The molecule has 0 fully saturated rings. The highest BCUT2D eigenvalue weighted by molar-refractivity contribution is 5.78. The molecule has 0 spiro atoms. The number of nitrogens with zero attached hydrogens (tertiary/aromatic N) is 3. The Morgan fingerprint density at radius 3 is 2.42 bits per heavy atom. The van der Waals surface area contributed by atoms with Crippen molar-refractivity contribution < 1.29 is 35.5 Å². The lowest BCUT2D eigenvalue weighted by molar-refractivity contribution is -0.141. The van der Waals surface area contributed by atoms with E-state index in [9.17, 15) is 35.5 Å². The Labute approximate surface area is 201 Å². The Morgan fingerprint density at radius 2 is 1.75 bits per heavy atom. The molecule has 4 rings (SSSR count). The first-order chi connectivity index (χ1) is 16.8. The second kappa shape index (κ2) is 9.57. The lowest BCUT2D eigenvalue weighted by Crippen LogP contribution is -2.45. The van der Waals surface area contributed by atoms with E-state index in [1.807, 2.05) is 0 Å². The van der Waals surface area contributed by atoms with Gasteiger partial charge < -0.3 is 15.2 Å². The summed E-state index contributed by atoms with van der Waals surface area (Å²) in [4.78, 5) is 18.1. The number of nitrogens with two attached hydrogens (primary N) is 1. The van der Waals surface area contributed by atoms with E-state index in [0.717, 1.165) is 24.4 Å². The van der Waals surface area contributed by atoms with Gasteiger partial charge in [-0.05, 0) is 35.7 Å². The second-order valence-electron chi connectivity index (χ2n) is 8.55. The first kappa shape index (κ1) is 25.7. The van der Waals surface area contributed by atoms with Crippen LogP contribution in [0.4, 0.5) is 30.7 Å². The first-order valence-electron chi connectivity index (χ1n) is 10.9. The van der Waals surface area contributed by atoms with Crippen LogP contribution in [0.2, 0.25) is 0 Å². The molecule has 1 aliphatic heterocycles. The fourth-order valence-electron chi connectivity index (χ4n) is 4.29. The molecule has 0 radical (unpaired) electrons. The van der Waals surface area contributed by atoms with Crippen molar-refractivity contribution in [3.05, 3.63) is 88.8 Å². The molecule has 1 amide bonds. The Bertz CT molecular complexity index is 1250. The summed E-state index contributed by atoms with van der Waals surface area (Å²) in [6.45, 7) is -0.116. The van der Waals surface area contributed by atoms with E-state index < -0.39 is 47.4 Å². The number of imidazole rings is 1. The zero-order valence-electron chi connectivity index (χ0n) is 18.7. The van der Waals surface area contributed by atoms with Crippen LogP contribution < -0.4 is 5.73 Å². The summed E-state index contributed by atoms with van der Waals surface area (Å²) in [5.41, 5.74) is 4.10. The lowest BCUT2D eigenvalue weighted by Gasteiger charge is -2.37. The number of aromatic nitrogens is 2. The molecule has 1 unspecified atom stereocenters. The van der Waals surface area contributed by atoms with Crippen LogP contribution in [0.5, 0.6) is 0 Å². The third kappa shape index (κ3) is 5.38. The van der Waals surface area contributed by atoms with Crippen molar-refractivity contribution in [1.29, 1.82) is 0 Å². The number of rotatable bonds is 5. The van der Waals surface area contributed by atoms with Crippen molar-refractivity contribution in [2.24, 2.45) is 5.73 Å². The maximum Gasteiger partial charge on any atom is 0.434 e. The molecular formula is C24H21F7N4O. The van der Waals surface area contributed by atoms with Crippen LogP contribution in [0.25, 0.3) is 0 Å². The van der Waals surface area contributed by atoms with Crippen LogP contribution in [0.3, 0.4) is 0 Å². The largest absolute Gasteiger partial charge is 0.434 e. The standard InChI is InChI=1S/C24H21F7N4O/c25-18-7-2-1-4-14(18)11-17(32)12-20(36)35-9-8-34-13-19(24(29,30)31)33-22(34)21(35)15-5-3-6-16(10-15)23(26,27)28/h1-7,10,13,17,21H,8-9,11-12,32H2/t17-,21?/m1/s1. The van der Waals surface area contributed by atoms with Gasteiger partial charge >= 0.3 is 12.4 Å². The zero-order valence-corrected chi connectivity index (χ0v) is 18.7. The van der Waals surface area contributed by atoms with Gasteiger partial charge in [-0.25, -0.2) is 9.37 Å². The summed E-state index contributed by atoms with van der Waals surface area (Å²) >= 11 is 0. The van der Waals surface area contributed by atoms with E-state index in [1.165, 1.54) is 33.7 Å². The van der Waals surface area contributed by atoms with Crippen molar-refractivity contribution in [2.75, 3.05) is 6.54 Å². The maximum atomic E-state index is 14.0. The quantitative estimate of drug-likeness (QED) is 0.490. The topological polar surface area (TPSA) is 64.2 Å². The summed E-state index contributed by atoms with van der Waals surface area (Å²) in [7, 11) is 0. The van der Waals surface area contributed by atoms with Gasteiger partial charge in [-0.3, -0.25) is 4.79 Å². The molecule has 192 valence electrons. The average Bonchev–Trinajstić information content (AvgIpc) is 3.24. The van der Waals surface area contributed by atoms with Crippen LogP contribution >= 0.6 is 0 Å². The van der Waals surface area contributed by atoms with Crippen LogP contribution in [0, 0.1) is 5.82 Å². The van der Waals surface area contributed by atoms with Crippen LogP contribution in [0.15, 0.2) is 54.7 Å². The highest BCUT2D eigenvalue weighted by Crippen LogP contribution is 2.38. The molecule has 2 N–H and O–H groups in total. The minimum atomic E-state index is -4.78. The summed E-state index contributed by atoms with van der Waals surface area (Å²) in [6, 6.07) is 7.79. The molecule has 0 bridgehead atoms. The van der Waals surface area contributed by atoms with Crippen molar-refractivity contribution in [3.8, 4) is 0 Å². The normalized spacial score (nSPS) is 17.1. The minimum absolute atomic E-state index is 0.0212. The molecule has 1 aromatic heterocycles. The van der Waals surface area contributed by atoms with Gasteiger partial charge in [0.2, 0.25) is 5.91 Å². The third-order valence-electron chi connectivity index (χ3n) is 5.96. The monoisotopic (exact) mass is 514 g/mol. The summed E-state index contributed by atoms with van der Waals surface area (Å²) in [5, 5.41) is 0. The van der Waals surface area contributed by atoms with Gasteiger partial charge in [0.25, 0.3) is 0 Å². The van der Waals surface area contributed by atoms with E-state index >= 15 is 0 Å². The molecule has 36 heavy (non-hydrogen) atoms. The van der Waals surface area contributed by atoms with Gasteiger partial charge in [0, 0.05) is 31.7 Å². The summed E-state index contributed by atoms with van der Waals surface area (Å²) < 4.78 is 95.3. The molecular weight excluding hydrogens is 493 g/mol. The van der Waals surface area contributed by atoms with Gasteiger partial charge in [0.15, 0.2) is 5.69 Å². The predicted octanol–water partition coefficient (Wildman–Crippen LogP) is 4.95. The van der Waals surface area contributed by atoms with Gasteiger partial charge in [-0.15, -0.1) is 0 Å².